The molecule has 5 heteroatoms. The molecule has 1 aromatic heterocycles. The van der Waals surface area contributed by atoms with Gasteiger partial charge in [-0.2, -0.15) is 0 Å². The molecule has 0 radical (unpaired) electrons. The Bertz CT molecular complexity index is 746. The molecule has 28 heavy (non-hydrogen) atoms. The van der Waals surface area contributed by atoms with Gasteiger partial charge in [0.25, 0.3) is 0 Å². The van der Waals surface area contributed by atoms with E-state index in [1.165, 1.54) is 35.9 Å². The van der Waals surface area contributed by atoms with Gasteiger partial charge in [0.1, 0.15) is 0 Å². The van der Waals surface area contributed by atoms with Gasteiger partial charge >= 0.3 is 6.03 Å². The number of fused-ring (bicyclic) bond motifs is 1. The molecule has 1 saturated heterocycles. The molecule has 1 aromatic carbocycles. The van der Waals surface area contributed by atoms with Crippen molar-refractivity contribution in [2.45, 2.75) is 57.5 Å². The molecule has 2 fully saturated rings. The highest BCUT2D eigenvalue weighted by Gasteiger charge is 2.25. The van der Waals surface area contributed by atoms with Crippen molar-refractivity contribution in [2.24, 2.45) is 5.92 Å². The van der Waals surface area contributed by atoms with Gasteiger partial charge in [-0.3, -0.25) is 0 Å². The summed E-state index contributed by atoms with van der Waals surface area (Å²) in [6.45, 7) is 5.12. The van der Waals surface area contributed by atoms with Crippen LogP contribution in [-0.4, -0.2) is 48.3 Å². The summed E-state index contributed by atoms with van der Waals surface area (Å²) in [5.41, 5.74) is 2.50. The van der Waals surface area contributed by atoms with Crippen molar-refractivity contribution in [2.75, 3.05) is 26.2 Å². The normalized spacial score (nSPS) is 23.8. The van der Waals surface area contributed by atoms with Crippen LogP contribution in [-0.2, 0) is 4.74 Å². The van der Waals surface area contributed by atoms with Crippen molar-refractivity contribution in [1.29, 1.82) is 0 Å². The Balaban J connectivity index is 1.18. The SMILES string of the molecule is CC1CCCCC1OCCNC(=O)N1CCC(c2cc3ccccc3[nH]2)CC1. The van der Waals surface area contributed by atoms with E-state index in [2.05, 4.69) is 47.6 Å². The molecule has 2 unspecified atom stereocenters. The van der Waals surface area contributed by atoms with E-state index in [0.29, 0.717) is 31.1 Å². The maximum absolute atomic E-state index is 12.4. The van der Waals surface area contributed by atoms with E-state index >= 15 is 0 Å². The first kappa shape index (κ1) is 19.3. The highest BCUT2D eigenvalue weighted by Crippen LogP contribution is 2.30. The summed E-state index contributed by atoms with van der Waals surface area (Å²) in [7, 11) is 0. The molecule has 2 amide bonds. The molecular formula is C23H33N3O2. The van der Waals surface area contributed by atoms with Crippen LogP contribution in [0.25, 0.3) is 10.9 Å². The van der Waals surface area contributed by atoms with Crippen LogP contribution >= 0.6 is 0 Å². The van der Waals surface area contributed by atoms with Crippen molar-refractivity contribution in [3.63, 3.8) is 0 Å². The molecule has 0 spiro atoms. The number of carbonyl (C=O) groups is 1. The fourth-order valence-corrected chi connectivity index (χ4v) is 4.72. The molecule has 1 saturated carbocycles. The van der Waals surface area contributed by atoms with E-state index < -0.39 is 0 Å². The number of para-hydroxylation sites is 1. The lowest BCUT2D eigenvalue weighted by molar-refractivity contribution is -0.00276. The average Bonchev–Trinajstić information content (AvgIpc) is 3.17. The number of carbonyl (C=O) groups excluding carboxylic acids is 1. The maximum Gasteiger partial charge on any atom is 0.317 e. The van der Waals surface area contributed by atoms with Crippen molar-refractivity contribution in [1.82, 2.24) is 15.2 Å². The number of rotatable bonds is 5. The molecule has 2 atom stereocenters. The summed E-state index contributed by atoms with van der Waals surface area (Å²) >= 11 is 0. The number of aromatic nitrogens is 1. The Morgan fingerprint density at radius 2 is 1.96 bits per heavy atom. The van der Waals surface area contributed by atoms with E-state index in [9.17, 15) is 4.79 Å². The van der Waals surface area contributed by atoms with E-state index in [1.807, 2.05) is 4.90 Å². The first-order chi connectivity index (χ1) is 13.7. The third-order valence-corrected chi connectivity index (χ3v) is 6.52. The third kappa shape index (κ3) is 4.52. The van der Waals surface area contributed by atoms with Crippen LogP contribution in [0.3, 0.4) is 0 Å². The van der Waals surface area contributed by atoms with Crippen LogP contribution in [0.5, 0.6) is 0 Å². The van der Waals surface area contributed by atoms with Gasteiger partial charge in [0.15, 0.2) is 0 Å². The molecular weight excluding hydrogens is 350 g/mol. The molecule has 2 N–H and O–H groups in total. The number of H-pyrrole nitrogens is 1. The number of piperidine rings is 1. The number of ether oxygens (including phenoxy) is 1. The Morgan fingerprint density at radius 3 is 2.75 bits per heavy atom. The van der Waals surface area contributed by atoms with Crippen molar-refractivity contribution in [3.8, 4) is 0 Å². The van der Waals surface area contributed by atoms with Crippen LogP contribution in [0.2, 0.25) is 0 Å². The molecule has 0 bridgehead atoms. The number of aromatic amines is 1. The van der Waals surface area contributed by atoms with E-state index in [1.54, 1.807) is 0 Å². The summed E-state index contributed by atoms with van der Waals surface area (Å²) in [6, 6.07) is 10.7. The summed E-state index contributed by atoms with van der Waals surface area (Å²) < 4.78 is 6.00. The molecule has 4 rings (SSSR count). The van der Waals surface area contributed by atoms with Crippen molar-refractivity contribution >= 4 is 16.9 Å². The zero-order chi connectivity index (χ0) is 19.3. The first-order valence-corrected chi connectivity index (χ1v) is 10.9. The van der Waals surface area contributed by atoms with Crippen molar-refractivity contribution in [3.05, 3.63) is 36.0 Å². The van der Waals surface area contributed by atoms with Crippen LogP contribution in [0.1, 0.15) is 57.1 Å². The fraction of sp³-hybridized carbons (Fsp3) is 0.609. The van der Waals surface area contributed by atoms with Crippen LogP contribution in [0.15, 0.2) is 30.3 Å². The Hall–Kier alpha value is -2.01. The predicted octanol–water partition coefficient (Wildman–Crippen LogP) is 4.65. The Kier molecular flexibility index (Phi) is 6.20. The van der Waals surface area contributed by atoms with E-state index in [-0.39, 0.29) is 6.03 Å². The van der Waals surface area contributed by atoms with Gasteiger partial charge in [-0.15, -0.1) is 0 Å². The zero-order valence-corrected chi connectivity index (χ0v) is 17.0. The smallest absolute Gasteiger partial charge is 0.317 e. The average molecular weight is 384 g/mol. The number of hydrogen-bond donors (Lipinski definition) is 2. The number of hydrogen-bond acceptors (Lipinski definition) is 2. The topological polar surface area (TPSA) is 57.4 Å². The minimum absolute atomic E-state index is 0.0513. The summed E-state index contributed by atoms with van der Waals surface area (Å²) in [4.78, 5) is 17.9. The number of amides is 2. The largest absolute Gasteiger partial charge is 0.376 e. The van der Waals surface area contributed by atoms with Crippen LogP contribution < -0.4 is 5.32 Å². The quantitative estimate of drug-likeness (QED) is 0.738. The van der Waals surface area contributed by atoms with Crippen molar-refractivity contribution < 1.29 is 9.53 Å². The molecule has 1 aliphatic heterocycles. The summed E-state index contributed by atoms with van der Waals surface area (Å²) in [5.74, 6) is 1.15. The highest BCUT2D eigenvalue weighted by atomic mass is 16.5. The fourth-order valence-electron chi connectivity index (χ4n) is 4.72. The highest BCUT2D eigenvalue weighted by molar-refractivity contribution is 5.80. The number of nitrogens with zero attached hydrogens (tertiary/aromatic N) is 1. The number of likely N-dealkylation sites (tertiary alicyclic amines) is 1. The van der Waals surface area contributed by atoms with Gasteiger partial charge in [-0.05, 0) is 49.1 Å². The number of benzene rings is 1. The Labute approximate surface area is 167 Å². The molecule has 1 aliphatic carbocycles. The molecule has 2 aromatic rings. The van der Waals surface area contributed by atoms with E-state index in [0.717, 1.165) is 32.4 Å². The van der Waals surface area contributed by atoms with Gasteiger partial charge < -0.3 is 19.9 Å². The molecule has 2 aliphatic rings. The minimum Gasteiger partial charge on any atom is -0.376 e. The van der Waals surface area contributed by atoms with Crippen LogP contribution in [0, 0.1) is 5.92 Å². The second kappa shape index (κ2) is 8.99. The second-order valence-corrected chi connectivity index (χ2v) is 8.48. The minimum atomic E-state index is 0.0513. The maximum atomic E-state index is 12.4. The summed E-state index contributed by atoms with van der Waals surface area (Å²) in [6.07, 6.45) is 7.42. The van der Waals surface area contributed by atoms with Gasteiger partial charge in [-0.1, -0.05) is 38.0 Å². The predicted molar refractivity (Wildman–Crippen MR) is 113 cm³/mol. The zero-order valence-electron chi connectivity index (χ0n) is 17.0. The summed E-state index contributed by atoms with van der Waals surface area (Å²) in [5, 5.41) is 4.31. The van der Waals surface area contributed by atoms with Gasteiger partial charge in [0.05, 0.1) is 12.7 Å². The second-order valence-electron chi connectivity index (χ2n) is 8.48. The van der Waals surface area contributed by atoms with Gasteiger partial charge in [0, 0.05) is 36.8 Å². The van der Waals surface area contributed by atoms with Crippen LogP contribution in [0.4, 0.5) is 4.79 Å². The standard InChI is InChI=1S/C23H33N3O2/c1-17-6-2-5-9-22(17)28-15-12-24-23(27)26-13-10-18(11-14-26)21-16-19-7-3-4-8-20(19)25-21/h3-4,7-8,16-18,22,25H,2,5-6,9-15H2,1H3,(H,24,27). The first-order valence-electron chi connectivity index (χ1n) is 10.9. The Morgan fingerprint density at radius 1 is 1.18 bits per heavy atom. The molecule has 2 heterocycles. The number of urea groups is 1. The third-order valence-electron chi connectivity index (χ3n) is 6.52. The van der Waals surface area contributed by atoms with Gasteiger partial charge in [0.2, 0.25) is 0 Å². The van der Waals surface area contributed by atoms with Gasteiger partial charge in [-0.25, -0.2) is 4.79 Å². The monoisotopic (exact) mass is 383 g/mol. The van der Waals surface area contributed by atoms with E-state index in [4.69, 9.17) is 4.74 Å². The number of nitrogens with one attached hydrogen (secondary N) is 2. The lowest BCUT2D eigenvalue weighted by atomic mass is 9.88. The lowest BCUT2D eigenvalue weighted by Crippen LogP contribution is -2.45. The lowest BCUT2D eigenvalue weighted by Gasteiger charge is -2.32. The molecule has 152 valence electrons. The molecule has 5 nitrogen and oxygen atoms in total.